The SMILES string of the molecule is CCOC(=O)c1nc(-c2ccc(C[C@@H](CCO[Si](c3ccccc3)(c3ccccc3)C(C)(C)C)NC(=O)OC(C)(C)C)cc2)cn1CCO[Si](c1ccccc1)(c1ccccc1)C(C)(C)C. The minimum absolute atomic E-state index is 0.185. The number of nitrogens with zero attached hydrogens (tertiary/aromatic N) is 2. The second-order valence-electron chi connectivity index (χ2n) is 19.9. The zero-order valence-corrected chi connectivity index (χ0v) is 42.6. The number of ether oxygens (including phenoxy) is 2. The van der Waals surface area contributed by atoms with Gasteiger partial charge in [-0.3, -0.25) is 0 Å². The Morgan fingerprint density at radius 2 is 1.06 bits per heavy atom. The van der Waals surface area contributed by atoms with Crippen molar-refractivity contribution in [2.45, 2.75) is 110 Å². The number of amides is 1. The third-order valence-corrected chi connectivity index (χ3v) is 22.0. The Morgan fingerprint density at radius 3 is 1.47 bits per heavy atom. The normalized spacial score (nSPS) is 12.9. The molecule has 11 heteroatoms. The Hall–Kier alpha value is -5.60. The maximum Gasteiger partial charge on any atom is 0.407 e. The first kappa shape index (κ1) is 49.8. The van der Waals surface area contributed by atoms with Crippen LogP contribution in [-0.4, -0.2) is 69.7 Å². The molecule has 0 fully saturated rings. The van der Waals surface area contributed by atoms with Gasteiger partial charge in [-0.1, -0.05) is 187 Å². The van der Waals surface area contributed by atoms with E-state index in [1.807, 2.05) is 67.9 Å². The molecule has 0 aliphatic rings. The molecule has 9 nitrogen and oxygen atoms in total. The Labute approximate surface area is 395 Å². The Kier molecular flexibility index (Phi) is 16.1. The van der Waals surface area contributed by atoms with Crippen LogP contribution in [0.1, 0.15) is 91.8 Å². The number of rotatable bonds is 18. The molecule has 6 rings (SSSR count). The summed E-state index contributed by atoms with van der Waals surface area (Å²) < 4.78 is 27.5. The molecular weight excluding hydrogens is 855 g/mol. The topological polar surface area (TPSA) is 101 Å². The van der Waals surface area contributed by atoms with Gasteiger partial charge in [0.2, 0.25) is 5.82 Å². The van der Waals surface area contributed by atoms with Crippen LogP contribution in [0.25, 0.3) is 11.3 Å². The standard InChI is InChI=1S/C55H69N3O6Si2/c1-11-61-51(59)50-57-49(41-58(50)37-39-63-66(55(8,9)10,47-28-20-14-21-29-47)48-30-22-15-23-31-48)43-34-32-42(33-35-43)40-44(56-52(60)64-53(2,3)4)36-38-62-65(54(5,6)7,45-24-16-12-17-25-45)46-26-18-13-19-27-46/h12-35,41,44H,11,36-40H2,1-10H3,(H,56,60)/t44-/m1/s1. The van der Waals surface area contributed by atoms with Crippen LogP contribution in [0.4, 0.5) is 4.79 Å². The van der Waals surface area contributed by atoms with Crippen LogP contribution in [0.5, 0.6) is 0 Å². The van der Waals surface area contributed by atoms with Crippen molar-refractivity contribution >= 4 is 49.4 Å². The van der Waals surface area contributed by atoms with E-state index in [1.54, 1.807) is 6.92 Å². The van der Waals surface area contributed by atoms with Crippen molar-refractivity contribution in [2.24, 2.45) is 0 Å². The molecule has 0 aliphatic heterocycles. The van der Waals surface area contributed by atoms with E-state index in [4.69, 9.17) is 23.3 Å². The lowest BCUT2D eigenvalue weighted by Crippen LogP contribution is -2.66. The van der Waals surface area contributed by atoms with Crippen LogP contribution in [0.3, 0.4) is 0 Å². The van der Waals surface area contributed by atoms with E-state index in [2.05, 4.69) is 156 Å². The van der Waals surface area contributed by atoms with Gasteiger partial charge in [0.1, 0.15) is 5.60 Å². The predicted molar refractivity (Wildman–Crippen MR) is 272 cm³/mol. The Balaban J connectivity index is 1.24. The summed E-state index contributed by atoms with van der Waals surface area (Å²) in [4.78, 5) is 31.5. The van der Waals surface area contributed by atoms with Crippen molar-refractivity contribution < 1.29 is 27.9 Å². The molecule has 5 aromatic carbocycles. The first-order chi connectivity index (χ1) is 31.4. The molecule has 0 spiro atoms. The average molecular weight is 924 g/mol. The molecule has 348 valence electrons. The number of imidazole rings is 1. The predicted octanol–water partition coefficient (Wildman–Crippen LogP) is 9.71. The molecule has 1 amide bonds. The number of esters is 1. The highest BCUT2D eigenvalue weighted by molar-refractivity contribution is 7.00. The second kappa shape index (κ2) is 21.4. The van der Waals surface area contributed by atoms with Gasteiger partial charge in [-0.15, -0.1) is 0 Å². The molecule has 66 heavy (non-hydrogen) atoms. The van der Waals surface area contributed by atoms with Crippen LogP contribution in [0.2, 0.25) is 10.1 Å². The third-order valence-electron chi connectivity index (χ3n) is 12.0. The summed E-state index contributed by atoms with van der Waals surface area (Å²) in [6.45, 7) is 22.4. The molecular formula is C55H69N3O6Si2. The van der Waals surface area contributed by atoms with Crippen molar-refractivity contribution in [2.75, 3.05) is 19.8 Å². The lowest BCUT2D eigenvalue weighted by atomic mass is 10.0. The van der Waals surface area contributed by atoms with E-state index in [-0.39, 0.29) is 28.5 Å². The Bertz CT molecular complexity index is 2380. The van der Waals surface area contributed by atoms with Gasteiger partial charge < -0.3 is 28.2 Å². The fourth-order valence-corrected chi connectivity index (χ4v) is 18.2. The first-order valence-electron chi connectivity index (χ1n) is 23.2. The van der Waals surface area contributed by atoms with Crippen molar-refractivity contribution in [3.63, 3.8) is 0 Å². The quantitative estimate of drug-likeness (QED) is 0.0677. The zero-order valence-electron chi connectivity index (χ0n) is 40.6. The lowest BCUT2D eigenvalue weighted by Gasteiger charge is -2.43. The zero-order chi connectivity index (χ0) is 47.6. The molecule has 0 saturated heterocycles. The van der Waals surface area contributed by atoms with Crippen LogP contribution >= 0.6 is 0 Å². The van der Waals surface area contributed by atoms with Crippen LogP contribution in [-0.2, 0) is 31.3 Å². The molecule has 0 aliphatic carbocycles. The number of alkyl carbamates (subject to hydrolysis) is 1. The first-order valence-corrected chi connectivity index (χ1v) is 27.0. The smallest absolute Gasteiger partial charge is 0.407 e. The van der Waals surface area contributed by atoms with Gasteiger partial charge >= 0.3 is 12.1 Å². The molecule has 1 aromatic heterocycles. The number of aromatic nitrogens is 2. The van der Waals surface area contributed by atoms with E-state index in [1.165, 1.54) is 20.7 Å². The van der Waals surface area contributed by atoms with Gasteiger partial charge in [0.05, 0.1) is 18.9 Å². The van der Waals surface area contributed by atoms with E-state index < -0.39 is 34.3 Å². The molecule has 6 aromatic rings. The fourth-order valence-electron chi connectivity index (χ4n) is 9.05. The monoisotopic (exact) mass is 923 g/mol. The van der Waals surface area contributed by atoms with Crippen molar-refractivity contribution in [3.05, 3.63) is 163 Å². The average Bonchev–Trinajstić information content (AvgIpc) is 3.71. The summed E-state index contributed by atoms with van der Waals surface area (Å²) in [7, 11) is -5.61. The molecule has 0 unspecified atom stereocenters. The molecule has 0 saturated carbocycles. The van der Waals surface area contributed by atoms with Gasteiger partial charge in [-0.05, 0) is 76.9 Å². The number of hydrogen-bond acceptors (Lipinski definition) is 7. The van der Waals surface area contributed by atoms with Crippen LogP contribution < -0.4 is 26.1 Å². The van der Waals surface area contributed by atoms with Crippen molar-refractivity contribution in [1.29, 1.82) is 0 Å². The molecule has 0 bridgehead atoms. The van der Waals surface area contributed by atoms with E-state index in [9.17, 15) is 9.59 Å². The highest BCUT2D eigenvalue weighted by atomic mass is 28.4. The summed E-state index contributed by atoms with van der Waals surface area (Å²) in [5.74, 6) is -0.258. The number of hydrogen-bond donors (Lipinski definition) is 1. The fraction of sp³-hybridized carbons (Fsp3) is 0.364. The number of benzene rings is 5. The highest BCUT2D eigenvalue weighted by Gasteiger charge is 2.51. The lowest BCUT2D eigenvalue weighted by molar-refractivity contribution is 0.0490. The molecule has 1 heterocycles. The second-order valence-corrected chi connectivity index (χ2v) is 28.5. The third kappa shape index (κ3) is 11.7. The molecule has 1 atom stereocenters. The maximum atomic E-state index is 13.4. The number of carbonyl (C=O) groups is 2. The largest absolute Gasteiger partial charge is 0.460 e. The maximum absolute atomic E-state index is 13.4. The minimum Gasteiger partial charge on any atom is -0.460 e. The van der Waals surface area contributed by atoms with Crippen LogP contribution in [0.15, 0.2) is 152 Å². The Morgan fingerprint density at radius 1 is 0.621 bits per heavy atom. The van der Waals surface area contributed by atoms with E-state index in [0.717, 1.165) is 11.1 Å². The number of nitrogens with one attached hydrogen (secondary N) is 1. The van der Waals surface area contributed by atoms with E-state index >= 15 is 0 Å². The van der Waals surface area contributed by atoms with Crippen molar-refractivity contribution in [1.82, 2.24) is 14.9 Å². The van der Waals surface area contributed by atoms with Crippen LogP contribution in [0, 0.1) is 0 Å². The summed E-state index contributed by atoms with van der Waals surface area (Å²) >= 11 is 0. The van der Waals surface area contributed by atoms with E-state index in [0.29, 0.717) is 38.3 Å². The highest BCUT2D eigenvalue weighted by Crippen LogP contribution is 2.38. The molecule has 1 N–H and O–H groups in total. The van der Waals surface area contributed by atoms with Gasteiger partial charge in [0.25, 0.3) is 16.6 Å². The summed E-state index contributed by atoms with van der Waals surface area (Å²) in [5, 5.41) is 7.58. The number of carbonyl (C=O) groups excluding carboxylic acids is 2. The van der Waals surface area contributed by atoms with Gasteiger partial charge in [0, 0.05) is 31.0 Å². The molecule has 0 radical (unpaired) electrons. The summed E-state index contributed by atoms with van der Waals surface area (Å²) in [5.41, 5.74) is 1.87. The van der Waals surface area contributed by atoms with Gasteiger partial charge in [-0.25, -0.2) is 14.6 Å². The van der Waals surface area contributed by atoms with Gasteiger partial charge in [-0.2, -0.15) is 0 Å². The summed E-state index contributed by atoms with van der Waals surface area (Å²) in [6.07, 6.45) is 2.55. The minimum atomic E-state index is -2.81. The summed E-state index contributed by atoms with van der Waals surface area (Å²) in [6, 6.07) is 50.1. The van der Waals surface area contributed by atoms with Gasteiger partial charge in [0.15, 0.2) is 0 Å². The van der Waals surface area contributed by atoms with Crippen molar-refractivity contribution in [3.8, 4) is 11.3 Å².